The molecular formula is C19H30IN5. The highest BCUT2D eigenvalue weighted by molar-refractivity contribution is 14.0. The first kappa shape index (κ1) is 21.5. The summed E-state index contributed by atoms with van der Waals surface area (Å²) in [6.07, 6.45) is 3.89. The molecule has 1 heterocycles. The molecule has 0 amide bonds. The number of guanidine groups is 1. The van der Waals surface area contributed by atoms with E-state index in [4.69, 9.17) is 0 Å². The minimum Gasteiger partial charge on any atom is -0.357 e. The van der Waals surface area contributed by atoms with Gasteiger partial charge in [0.25, 0.3) is 0 Å². The predicted molar refractivity (Wildman–Crippen MR) is 115 cm³/mol. The quantitative estimate of drug-likeness (QED) is 0.380. The fourth-order valence-corrected chi connectivity index (χ4v) is 2.55. The molecule has 0 aliphatic rings. The Kier molecular flexibility index (Phi) is 9.55. The monoisotopic (exact) mass is 455 g/mol. The normalized spacial score (nSPS) is 11.3. The standard InChI is InChI=1S/C19H29N5.HI/c1-5-20-19(22-12-17-8-6-7-16(4)11-17)23-13-18-21-9-10-24(18)14-15(2)3;/h6-11,15H,5,12-14H2,1-4H3,(H2,20,22,23);1H. The van der Waals surface area contributed by atoms with Crippen LogP contribution >= 0.6 is 24.0 Å². The maximum Gasteiger partial charge on any atom is 0.191 e. The zero-order valence-electron chi connectivity index (χ0n) is 15.6. The van der Waals surface area contributed by atoms with Gasteiger partial charge in [0, 0.05) is 25.5 Å². The van der Waals surface area contributed by atoms with Crippen LogP contribution in [0.4, 0.5) is 0 Å². The summed E-state index contributed by atoms with van der Waals surface area (Å²) in [4.78, 5) is 9.12. The second-order valence-electron chi connectivity index (χ2n) is 6.43. The summed E-state index contributed by atoms with van der Waals surface area (Å²) in [5.41, 5.74) is 2.48. The Morgan fingerprint density at radius 1 is 1.28 bits per heavy atom. The van der Waals surface area contributed by atoms with Gasteiger partial charge in [0.1, 0.15) is 5.82 Å². The third-order valence-electron chi connectivity index (χ3n) is 3.62. The number of nitrogens with zero attached hydrogens (tertiary/aromatic N) is 3. The highest BCUT2D eigenvalue weighted by Gasteiger charge is 2.06. The number of aromatic nitrogens is 2. The third-order valence-corrected chi connectivity index (χ3v) is 3.62. The fourth-order valence-electron chi connectivity index (χ4n) is 2.55. The first-order valence-electron chi connectivity index (χ1n) is 8.66. The van der Waals surface area contributed by atoms with Crippen molar-refractivity contribution in [1.82, 2.24) is 20.2 Å². The summed E-state index contributed by atoms with van der Waals surface area (Å²) >= 11 is 0. The molecule has 0 saturated carbocycles. The zero-order chi connectivity index (χ0) is 17.4. The molecule has 0 aliphatic carbocycles. The molecule has 6 heteroatoms. The average Bonchev–Trinajstić information content (AvgIpc) is 2.96. The SMILES string of the molecule is CCNC(=NCc1cccc(C)c1)NCc1nccn1CC(C)C.I. The van der Waals surface area contributed by atoms with Gasteiger partial charge in [-0.15, -0.1) is 24.0 Å². The highest BCUT2D eigenvalue weighted by Crippen LogP contribution is 2.06. The van der Waals surface area contributed by atoms with E-state index in [1.54, 1.807) is 0 Å². The van der Waals surface area contributed by atoms with Crippen molar-refractivity contribution in [2.24, 2.45) is 10.9 Å². The van der Waals surface area contributed by atoms with Crippen LogP contribution in [0.15, 0.2) is 41.7 Å². The summed E-state index contributed by atoms with van der Waals surface area (Å²) in [5, 5.41) is 6.67. The van der Waals surface area contributed by atoms with Crippen molar-refractivity contribution in [3.63, 3.8) is 0 Å². The lowest BCUT2D eigenvalue weighted by atomic mass is 10.1. The topological polar surface area (TPSA) is 54.2 Å². The lowest BCUT2D eigenvalue weighted by molar-refractivity contribution is 0.503. The molecule has 0 atom stereocenters. The number of hydrogen-bond donors (Lipinski definition) is 2. The maximum absolute atomic E-state index is 4.67. The van der Waals surface area contributed by atoms with Gasteiger partial charge in [-0.2, -0.15) is 0 Å². The molecule has 1 aromatic heterocycles. The molecule has 0 spiro atoms. The van der Waals surface area contributed by atoms with Crippen LogP contribution in [0.5, 0.6) is 0 Å². The van der Waals surface area contributed by atoms with E-state index in [0.717, 1.165) is 24.9 Å². The van der Waals surface area contributed by atoms with Gasteiger partial charge in [-0.25, -0.2) is 9.98 Å². The Labute approximate surface area is 168 Å². The minimum atomic E-state index is 0. The highest BCUT2D eigenvalue weighted by atomic mass is 127. The van der Waals surface area contributed by atoms with E-state index < -0.39 is 0 Å². The van der Waals surface area contributed by atoms with Crippen LogP contribution in [0.1, 0.15) is 37.7 Å². The molecule has 0 radical (unpaired) electrons. The van der Waals surface area contributed by atoms with Crippen molar-refractivity contribution in [2.45, 2.75) is 47.3 Å². The van der Waals surface area contributed by atoms with Crippen LogP contribution in [0, 0.1) is 12.8 Å². The van der Waals surface area contributed by atoms with Gasteiger partial charge >= 0.3 is 0 Å². The maximum atomic E-state index is 4.67. The lowest BCUT2D eigenvalue weighted by Gasteiger charge is -2.13. The Hall–Kier alpha value is -1.57. The van der Waals surface area contributed by atoms with E-state index in [2.05, 4.69) is 77.1 Å². The summed E-state index contributed by atoms with van der Waals surface area (Å²) in [6.45, 7) is 11.7. The molecule has 138 valence electrons. The van der Waals surface area contributed by atoms with Crippen molar-refractivity contribution in [1.29, 1.82) is 0 Å². The lowest BCUT2D eigenvalue weighted by Crippen LogP contribution is -2.37. The first-order valence-corrected chi connectivity index (χ1v) is 8.66. The van der Waals surface area contributed by atoms with Crippen molar-refractivity contribution >= 4 is 29.9 Å². The van der Waals surface area contributed by atoms with Crippen LogP contribution in [0.25, 0.3) is 0 Å². The van der Waals surface area contributed by atoms with Crippen LogP contribution in [-0.4, -0.2) is 22.1 Å². The molecular weight excluding hydrogens is 425 g/mol. The zero-order valence-corrected chi connectivity index (χ0v) is 18.0. The van der Waals surface area contributed by atoms with Gasteiger partial charge < -0.3 is 15.2 Å². The predicted octanol–water partition coefficient (Wildman–Crippen LogP) is 3.72. The second kappa shape index (κ2) is 11.1. The summed E-state index contributed by atoms with van der Waals surface area (Å²) in [5.74, 6) is 2.45. The number of rotatable bonds is 7. The van der Waals surface area contributed by atoms with Crippen molar-refractivity contribution < 1.29 is 0 Å². The summed E-state index contributed by atoms with van der Waals surface area (Å²) in [7, 11) is 0. The molecule has 0 aliphatic heterocycles. The van der Waals surface area contributed by atoms with Gasteiger partial charge in [-0.1, -0.05) is 43.7 Å². The van der Waals surface area contributed by atoms with Gasteiger partial charge in [-0.3, -0.25) is 0 Å². The van der Waals surface area contributed by atoms with E-state index in [-0.39, 0.29) is 24.0 Å². The molecule has 2 aromatic rings. The van der Waals surface area contributed by atoms with E-state index in [0.29, 0.717) is 19.0 Å². The van der Waals surface area contributed by atoms with E-state index in [1.165, 1.54) is 11.1 Å². The van der Waals surface area contributed by atoms with Crippen LogP contribution in [0.3, 0.4) is 0 Å². The van der Waals surface area contributed by atoms with E-state index in [9.17, 15) is 0 Å². The smallest absolute Gasteiger partial charge is 0.191 e. The number of imidazole rings is 1. The average molecular weight is 455 g/mol. The summed E-state index contributed by atoms with van der Waals surface area (Å²) < 4.78 is 2.20. The number of nitrogens with one attached hydrogen (secondary N) is 2. The van der Waals surface area contributed by atoms with Gasteiger partial charge in [-0.05, 0) is 25.3 Å². The number of benzene rings is 1. The number of aryl methyl sites for hydroxylation is 1. The number of halogens is 1. The van der Waals surface area contributed by atoms with Crippen molar-refractivity contribution in [3.05, 3.63) is 53.6 Å². The molecule has 5 nitrogen and oxygen atoms in total. The molecule has 0 unspecified atom stereocenters. The van der Waals surface area contributed by atoms with Gasteiger partial charge in [0.05, 0.1) is 13.1 Å². The molecule has 0 saturated heterocycles. The van der Waals surface area contributed by atoms with E-state index >= 15 is 0 Å². The Morgan fingerprint density at radius 3 is 2.76 bits per heavy atom. The molecule has 2 rings (SSSR count). The molecule has 2 N–H and O–H groups in total. The Balaban J connectivity index is 0.00000312. The second-order valence-corrected chi connectivity index (χ2v) is 6.43. The van der Waals surface area contributed by atoms with Crippen LogP contribution < -0.4 is 10.6 Å². The first-order chi connectivity index (χ1) is 11.6. The third kappa shape index (κ3) is 7.46. The number of hydrogen-bond acceptors (Lipinski definition) is 2. The molecule has 0 fully saturated rings. The van der Waals surface area contributed by atoms with Gasteiger partial charge in [0.15, 0.2) is 5.96 Å². The largest absolute Gasteiger partial charge is 0.357 e. The Bertz CT molecular complexity index is 663. The van der Waals surface area contributed by atoms with Gasteiger partial charge in [0.2, 0.25) is 0 Å². The minimum absolute atomic E-state index is 0. The number of aliphatic imine (C=N–C) groups is 1. The van der Waals surface area contributed by atoms with Crippen molar-refractivity contribution in [2.75, 3.05) is 6.54 Å². The van der Waals surface area contributed by atoms with Crippen molar-refractivity contribution in [3.8, 4) is 0 Å². The summed E-state index contributed by atoms with van der Waals surface area (Å²) in [6, 6.07) is 8.45. The van der Waals surface area contributed by atoms with Crippen LogP contribution in [0.2, 0.25) is 0 Å². The molecule has 25 heavy (non-hydrogen) atoms. The fraction of sp³-hybridized carbons (Fsp3) is 0.474. The van der Waals surface area contributed by atoms with Crippen LogP contribution in [-0.2, 0) is 19.6 Å². The Morgan fingerprint density at radius 2 is 2.08 bits per heavy atom. The molecule has 1 aromatic carbocycles. The molecule has 0 bridgehead atoms. The van der Waals surface area contributed by atoms with E-state index in [1.807, 2.05) is 12.4 Å².